The summed E-state index contributed by atoms with van der Waals surface area (Å²) < 4.78 is 30.0. The molecule has 0 saturated carbocycles. The van der Waals surface area contributed by atoms with Gasteiger partial charge in [-0.15, -0.1) is 5.10 Å². The second-order valence-electron chi connectivity index (χ2n) is 7.16. The molecule has 4 rings (SSSR count). The number of tetrazole rings is 1. The van der Waals surface area contributed by atoms with E-state index in [2.05, 4.69) is 20.1 Å². The summed E-state index contributed by atoms with van der Waals surface area (Å²) in [6.07, 6.45) is 0. The molecule has 11 heteroatoms. The van der Waals surface area contributed by atoms with E-state index >= 15 is 0 Å². The number of rotatable bonds is 7. The van der Waals surface area contributed by atoms with E-state index in [9.17, 15) is 8.42 Å². The van der Waals surface area contributed by atoms with Gasteiger partial charge in [0.05, 0.1) is 27.4 Å². The summed E-state index contributed by atoms with van der Waals surface area (Å²) in [7, 11) is -0.480. The van der Waals surface area contributed by atoms with E-state index in [1.807, 2.05) is 44.2 Å². The summed E-state index contributed by atoms with van der Waals surface area (Å²) in [5.41, 5.74) is 3.55. The Bertz CT molecular complexity index is 1340. The molecule has 0 atom stereocenters. The number of para-hydroxylation sites is 1. The fourth-order valence-corrected chi connectivity index (χ4v) is 5.10. The summed E-state index contributed by atoms with van der Waals surface area (Å²) >= 11 is 1.49. The molecule has 4 aromatic rings. The molecular formula is C20H23N7O2S2. The van der Waals surface area contributed by atoms with E-state index in [1.165, 1.54) is 30.2 Å². The lowest BCUT2D eigenvalue weighted by atomic mass is 10.2. The molecule has 2 aromatic carbocycles. The normalized spacial score (nSPS) is 12.2. The van der Waals surface area contributed by atoms with Crippen molar-refractivity contribution in [2.24, 2.45) is 0 Å². The second kappa shape index (κ2) is 8.40. The lowest BCUT2D eigenvalue weighted by Gasteiger charge is -2.11. The highest BCUT2D eigenvalue weighted by atomic mass is 32.2. The van der Waals surface area contributed by atoms with Crippen LogP contribution < -0.4 is 0 Å². The van der Waals surface area contributed by atoms with Gasteiger partial charge in [0.15, 0.2) is 0 Å². The first-order valence-electron chi connectivity index (χ1n) is 9.71. The molecule has 0 radical (unpaired) electrons. The van der Waals surface area contributed by atoms with Crippen LogP contribution in [0, 0.1) is 6.92 Å². The fraction of sp³-hybridized carbons (Fsp3) is 0.300. The minimum atomic E-state index is -3.52. The molecule has 0 bridgehead atoms. The monoisotopic (exact) mass is 457 g/mol. The predicted molar refractivity (Wildman–Crippen MR) is 120 cm³/mol. The van der Waals surface area contributed by atoms with Crippen LogP contribution in [0.5, 0.6) is 0 Å². The minimum Gasteiger partial charge on any atom is -0.328 e. The number of imidazole rings is 1. The highest BCUT2D eigenvalue weighted by molar-refractivity contribution is 7.98. The zero-order chi connectivity index (χ0) is 22.2. The Kier molecular flexibility index (Phi) is 5.82. The zero-order valence-electron chi connectivity index (χ0n) is 17.7. The molecule has 0 unspecified atom stereocenters. The summed E-state index contributed by atoms with van der Waals surface area (Å²) in [5, 5.41) is 12.8. The van der Waals surface area contributed by atoms with Crippen LogP contribution >= 0.6 is 11.8 Å². The third kappa shape index (κ3) is 3.95. The first kappa shape index (κ1) is 21.5. The first-order valence-corrected chi connectivity index (χ1v) is 12.1. The smallest absolute Gasteiger partial charge is 0.242 e. The van der Waals surface area contributed by atoms with Gasteiger partial charge in [0.25, 0.3) is 0 Å². The number of sulfonamides is 1. The second-order valence-corrected chi connectivity index (χ2v) is 10.3. The van der Waals surface area contributed by atoms with Crippen LogP contribution in [-0.4, -0.2) is 56.6 Å². The van der Waals surface area contributed by atoms with Crippen molar-refractivity contribution in [3.05, 3.63) is 53.9 Å². The van der Waals surface area contributed by atoms with Gasteiger partial charge in [-0.1, -0.05) is 30.0 Å². The van der Waals surface area contributed by atoms with Gasteiger partial charge in [0.1, 0.15) is 5.82 Å². The van der Waals surface area contributed by atoms with Crippen molar-refractivity contribution in [1.82, 2.24) is 34.1 Å². The molecular weight excluding hydrogens is 434 g/mol. The molecule has 0 saturated heterocycles. The third-order valence-corrected chi connectivity index (χ3v) is 7.73. The van der Waals surface area contributed by atoms with Crippen LogP contribution in [-0.2, 0) is 22.3 Å². The van der Waals surface area contributed by atoms with E-state index in [0.29, 0.717) is 16.4 Å². The largest absolute Gasteiger partial charge is 0.328 e. The van der Waals surface area contributed by atoms with Crippen molar-refractivity contribution in [3.63, 3.8) is 0 Å². The number of fused-ring (bicyclic) bond motifs is 1. The Morgan fingerprint density at radius 2 is 1.90 bits per heavy atom. The average molecular weight is 458 g/mol. The molecule has 0 amide bonds. The molecule has 0 aliphatic rings. The van der Waals surface area contributed by atoms with Gasteiger partial charge in [-0.05, 0) is 54.1 Å². The topological polar surface area (TPSA) is 98.8 Å². The Morgan fingerprint density at radius 1 is 1.13 bits per heavy atom. The number of aromatic nitrogens is 6. The maximum atomic E-state index is 12.5. The predicted octanol–water partition coefficient (Wildman–Crippen LogP) is 2.88. The Balaban J connectivity index is 1.66. The Morgan fingerprint density at radius 3 is 2.61 bits per heavy atom. The van der Waals surface area contributed by atoms with Crippen molar-refractivity contribution in [2.45, 2.75) is 36.2 Å². The number of aryl methyl sites for hydroxylation is 2. The molecule has 9 nitrogen and oxygen atoms in total. The van der Waals surface area contributed by atoms with Crippen LogP contribution in [0.15, 0.2) is 52.5 Å². The lowest BCUT2D eigenvalue weighted by Crippen LogP contribution is -2.22. The number of nitrogens with zero attached hydrogens (tertiary/aromatic N) is 7. The van der Waals surface area contributed by atoms with Gasteiger partial charge in [0, 0.05) is 20.6 Å². The maximum Gasteiger partial charge on any atom is 0.242 e. The van der Waals surface area contributed by atoms with Gasteiger partial charge in [-0.3, -0.25) is 0 Å². The molecule has 0 aliphatic carbocycles. The van der Waals surface area contributed by atoms with Gasteiger partial charge >= 0.3 is 0 Å². The van der Waals surface area contributed by atoms with Crippen molar-refractivity contribution in [3.8, 4) is 5.69 Å². The number of benzene rings is 2. The third-order valence-electron chi connectivity index (χ3n) is 5.01. The van der Waals surface area contributed by atoms with Crippen LogP contribution in [0.25, 0.3) is 16.7 Å². The van der Waals surface area contributed by atoms with Crippen molar-refractivity contribution in [2.75, 3.05) is 14.1 Å². The molecule has 0 fully saturated rings. The van der Waals surface area contributed by atoms with Crippen molar-refractivity contribution >= 4 is 32.8 Å². The zero-order valence-corrected chi connectivity index (χ0v) is 19.4. The van der Waals surface area contributed by atoms with E-state index in [4.69, 9.17) is 4.98 Å². The highest BCUT2D eigenvalue weighted by Crippen LogP contribution is 2.27. The number of hydrogen-bond acceptors (Lipinski definition) is 7. The van der Waals surface area contributed by atoms with Gasteiger partial charge < -0.3 is 4.57 Å². The highest BCUT2D eigenvalue weighted by Gasteiger charge is 2.20. The number of hydrogen-bond donors (Lipinski definition) is 0. The number of thioether (sulfide) groups is 1. The van der Waals surface area contributed by atoms with Gasteiger partial charge in [0.2, 0.25) is 15.2 Å². The quantitative estimate of drug-likeness (QED) is 0.394. The SMILES string of the molecule is CCn1c(CSc2nnnn2-c2ccccc2C)nc2cc(S(=O)(=O)N(C)C)ccc21. The average Bonchev–Trinajstić information content (AvgIpc) is 3.35. The van der Waals surface area contributed by atoms with E-state index in [1.54, 1.807) is 16.8 Å². The standard InChI is InChI=1S/C20H23N7O2S2/c1-5-26-18-11-10-15(31(28,29)25(3)4)12-16(18)21-19(26)13-30-20-22-23-24-27(20)17-9-7-6-8-14(17)2/h6-12H,5,13H2,1-4H3. The lowest BCUT2D eigenvalue weighted by molar-refractivity contribution is 0.521. The minimum absolute atomic E-state index is 0.230. The fourth-order valence-electron chi connectivity index (χ4n) is 3.34. The van der Waals surface area contributed by atoms with Gasteiger partial charge in [-0.25, -0.2) is 17.7 Å². The molecule has 2 aromatic heterocycles. The van der Waals surface area contributed by atoms with E-state index < -0.39 is 10.0 Å². The van der Waals surface area contributed by atoms with Crippen molar-refractivity contribution < 1.29 is 8.42 Å². The summed E-state index contributed by atoms with van der Waals surface area (Å²) in [6, 6.07) is 13.0. The van der Waals surface area contributed by atoms with Crippen LogP contribution in [0.4, 0.5) is 0 Å². The molecule has 0 N–H and O–H groups in total. The van der Waals surface area contributed by atoms with E-state index in [-0.39, 0.29) is 4.90 Å². The molecule has 162 valence electrons. The molecule has 0 aliphatic heterocycles. The van der Waals surface area contributed by atoms with Crippen molar-refractivity contribution in [1.29, 1.82) is 0 Å². The molecule has 0 spiro atoms. The van der Waals surface area contributed by atoms with Gasteiger partial charge in [-0.2, -0.15) is 4.68 Å². The molecule has 31 heavy (non-hydrogen) atoms. The Labute approximate surface area is 185 Å². The van der Waals surface area contributed by atoms with Crippen LogP contribution in [0.3, 0.4) is 0 Å². The van der Waals surface area contributed by atoms with Crippen LogP contribution in [0.2, 0.25) is 0 Å². The Hall–Kier alpha value is -2.76. The van der Waals surface area contributed by atoms with Crippen LogP contribution in [0.1, 0.15) is 18.3 Å². The van der Waals surface area contributed by atoms with E-state index in [0.717, 1.165) is 29.1 Å². The first-order chi connectivity index (χ1) is 14.8. The summed E-state index contributed by atoms with van der Waals surface area (Å²) in [4.78, 5) is 4.95. The summed E-state index contributed by atoms with van der Waals surface area (Å²) in [6.45, 7) is 4.77. The summed E-state index contributed by atoms with van der Waals surface area (Å²) in [5.74, 6) is 1.38. The maximum absolute atomic E-state index is 12.5. The molecule has 2 heterocycles.